The highest BCUT2D eigenvalue weighted by atomic mass is 35.5. The molecule has 0 bridgehead atoms. The van der Waals surface area contributed by atoms with Crippen LogP contribution in [-0.4, -0.2) is 13.7 Å². The topological polar surface area (TPSA) is 30.5 Å². The predicted molar refractivity (Wildman–Crippen MR) is 76.3 cm³/mol. The van der Waals surface area contributed by atoms with Gasteiger partial charge in [-0.15, -0.1) is 0 Å². The second-order valence-corrected chi connectivity index (χ2v) is 4.92. The zero-order valence-corrected chi connectivity index (χ0v) is 11.6. The van der Waals surface area contributed by atoms with Crippen LogP contribution < -0.4 is 14.8 Å². The quantitative estimate of drug-likeness (QED) is 0.907. The summed E-state index contributed by atoms with van der Waals surface area (Å²) in [5.74, 6) is 0.790. The van der Waals surface area contributed by atoms with Crippen LogP contribution in [0.4, 0.5) is 10.1 Å². The van der Waals surface area contributed by atoms with Crippen molar-refractivity contribution in [3.63, 3.8) is 0 Å². The van der Waals surface area contributed by atoms with Gasteiger partial charge in [-0.2, -0.15) is 0 Å². The van der Waals surface area contributed by atoms with Gasteiger partial charge >= 0.3 is 0 Å². The van der Waals surface area contributed by atoms with Gasteiger partial charge in [0.15, 0.2) is 0 Å². The zero-order chi connectivity index (χ0) is 14.1. The van der Waals surface area contributed by atoms with Crippen LogP contribution >= 0.6 is 11.6 Å². The molecule has 0 spiro atoms. The number of rotatable bonds is 2. The molecule has 1 aliphatic heterocycles. The smallest absolute Gasteiger partial charge is 0.147 e. The summed E-state index contributed by atoms with van der Waals surface area (Å²) in [6.07, 6.45) is -0.445. The minimum Gasteiger partial charge on any atom is -0.496 e. The van der Waals surface area contributed by atoms with Gasteiger partial charge in [-0.3, -0.25) is 0 Å². The predicted octanol–water partition coefficient (Wildman–Crippen LogP) is 4.03. The molecule has 20 heavy (non-hydrogen) atoms. The molecular weight excluding hydrogens is 281 g/mol. The van der Waals surface area contributed by atoms with Crippen molar-refractivity contribution in [3.05, 3.63) is 52.8 Å². The van der Waals surface area contributed by atoms with Gasteiger partial charge in [0.1, 0.15) is 23.4 Å². The number of anilines is 1. The summed E-state index contributed by atoms with van der Waals surface area (Å²) in [7, 11) is 1.52. The Morgan fingerprint density at radius 2 is 2.20 bits per heavy atom. The van der Waals surface area contributed by atoms with Gasteiger partial charge in [0.05, 0.1) is 24.9 Å². The average molecular weight is 294 g/mol. The van der Waals surface area contributed by atoms with Crippen molar-refractivity contribution in [1.29, 1.82) is 0 Å². The molecule has 2 aromatic carbocycles. The molecule has 5 heteroatoms. The van der Waals surface area contributed by atoms with Crippen molar-refractivity contribution in [2.45, 2.75) is 6.10 Å². The van der Waals surface area contributed by atoms with E-state index in [4.69, 9.17) is 21.1 Å². The van der Waals surface area contributed by atoms with Crippen molar-refractivity contribution in [2.24, 2.45) is 0 Å². The molecule has 1 unspecified atom stereocenters. The van der Waals surface area contributed by atoms with E-state index in [0.29, 0.717) is 28.6 Å². The van der Waals surface area contributed by atoms with Crippen LogP contribution in [0.3, 0.4) is 0 Å². The van der Waals surface area contributed by atoms with Gasteiger partial charge in [-0.25, -0.2) is 4.39 Å². The van der Waals surface area contributed by atoms with Gasteiger partial charge in [0.25, 0.3) is 0 Å². The Hall–Kier alpha value is -1.94. The molecule has 1 atom stereocenters. The molecule has 0 aliphatic carbocycles. The van der Waals surface area contributed by atoms with Crippen molar-refractivity contribution in [2.75, 3.05) is 19.0 Å². The van der Waals surface area contributed by atoms with E-state index in [9.17, 15) is 4.39 Å². The SMILES string of the molecule is COc1cccc(F)c1C1CNc2cc(Cl)ccc2O1. The fourth-order valence-corrected chi connectivity index (χ4v) is 2.48. The summed E-state index contributed by atoms with van der Waals surface area (Å²) < 4.78 is 25.1. The summed E-state index contributed by atoms with van der Waals surface area (Å²) in [5.41, 5.74) is 1.23. The molecule has 0 fully saturated rings. The van der Waals surface area contributed by atoms with Gasteiger partial charge in [0.2, 0.25) is 0 Å². The lowest BCUT2D eigenvalue weighted by Crippen LogP contribution is -2.24. The van der Waals surface area contributed by atoms with E-state index in [1.54, 1.807) is 30.3 Å². The maximum absolute atomic E-state index is 14.1. The lowest BCUT2D eigenvalue weighted by atomic mass is 10.1. The summed E-state index contributed by atoms with van der Waals surface area (Å²) in [6, 6.07) is 10.0. The van der Waals surface area contributed by atoms with E-state index in [0.717, 1.165) is 5.69 Å². The Labute approximate surface area is 121 Å². The molecular formula is C15H13ClFNO2. The summed E-state index contributed by atoms with van der Waals surface area (Å²) in [5, 5.41) is 3.83. The van der Waals surface area contributed by atoms with Crippen LogP contribution in [0.2, 0.25) is 5.02 Å². The molecule has 0 amide bonds. The van der Waals surface area contributed by atoms with Gasteiger partial charge in [0, 0.05) is 5.02 Å². The largest absolute Gasteiger partial charge is 0.496 e. The van der Waals surface area contributed by atoms with Crippen molar-refractivity contribution >= 4 is 17.3 Å². The molecule has 104 valence electrons. The van der Waals surface area contributed by atoms with Crippen LogP contribution in [0.15, 0.2) is 36.4 Å². The van der Waals surface area contributed by atoms with Crippen LogP contribution in [0.5, 0.6) is 11.5 Å². The first kappa shape index (κ1) is 13.1. The third-order valence-corrected chi connectivity index (χ3v) is 3.48. The second kappa shape index (κ2) is 5.21. The fourth-order valence-electron chi connectivity index (χ4n) is 2.31. The Morgan fingerprint density at radius 3 is 3.00 bits per heavy atom. The first-order valence-corrected chi connectivity index (χ1v) is 6.59. The van der Waals surface area contributed by atoms with E-state index in [1.807, 2.05) is 0 Å². The highest BCUT2D eigenvalue weighted by Crippen LogP contribution is 2.39. The van der Waals surface area contributed by atoms with Crippen LogP contribution in [0.1, 0.15) is 11.7 Å². The monoisotopic (exact) mass is 293 g/mol. The van der Waals surface area contributed by atoms with Gasteiger partial charge in [-0.05, 0) is 30.3 Å². The molecule has 0 radical (unpaired) electrons. The third kappa shape index (κ3) is 2.27. The third-order valence-electron chi connectivity index (χ3n) is 3.24. The standard InChI is InChI=1S/C15H13ClFNO2/c1-19-13-4-2-3-10(17)15(13)14-8-18-11-7-9(16)5-6-12(11)20-14/h2-7,14,18H,8H2,1H3. The molecule has 3 nitrogen and oxygen atoms in total. The minimum atomic E-state index is -0.445. The van der Waals surface area contributed by atoms with Gasteiger partial charge in [-0.1, -0.05) is 17.7 Å². The van der Waals surface area contributed by atoms with Crippen LogP contribution in [0, 0.1) is 5.82 Å². The molecule has 1 aliphatic rings. The minimum absolute atomic E-state index is 0.339. The zero-order valence-electron chi connectivity index (χ0n) is 10.8. The molecule has 3 rings (SSSR count). The Balaban J connectivity index is 1.96. The number of hydrogen-bond donors (Lipinski definition) is 1. The summed E-state index contributed by atoms with van der Waals surface area (Å²) >= 11 is 5.93. The second-order valence-electron chi connectivity index (χ2n) is 4.48. The molecule has 1 N–H and O–H groups in total. The first-order chi connectivity index (χ1) is 9.69. The van der Waals surface area contributed by atoms with E-state index < -0.39 is 6.10 Å². The number of halogens is 2. The molecule has 1 heterocycles. The molecule has 0 saturated carbocycles. The average Bonchev–Trinajstić information content (AvgIpc) is 2.46. The lowest BCUT2D eigenvalue weighted by Gasteiger charge is -2.28. The van der Waals surface area contributed by atoms with Crippen molar-refractivity contribution in [3.8, 4) is 11.5 Å². The normalized spacial score (nSPS) is 16.9. The molecule has 0 aromatic heterocycles. The number of fused-ring (bicyclic) bond motifs is 1. The lowest BCUT2D eigenvalue weighted by molar-refractivity contribution is 0.200. The Kier molecular flexibility index (Phi) is 3.40. The summed E-state index contributed by atoms with van der Waals surface area (Å²) in [4.78, 5) is 0. The highest BCUT2D eigenvalue weighted by Gasteiger charge is 2.26. The Morgan fingerprint density at radius 1 is 1.35 bits per heavy atom. The maximum Gasteiger partial charge on any atom is 0.147 e. The summed E-state index contributed by atoms with van der Waals surface area (Å²) in [6.45, 7) is 0.449. The molecule has 2 aromatic rings. The number of methoxy groups -OCH3 is 1. The van der Waals surface area contributed by atoms with Crippen LogP contribution in [0.25, 0.3) is 0 Å². The van der Waals surface area contributed by atoms with E-state index in [-0.39, 0.29) is 5.82 Å². The number of benzene rings is 2. The van der Waals surface area contributed by atoms with Crippen molar-refractivity contribution < 1.29 is 13.9 Å². The van der Waals surface area contributed by atoms with Gasteiger partial charge < -0.3 is 14.8 Å². The molecule has 0 saturated heterocycles. The first-order valence-electron chi connectivity index (χ1n) is 6.21. The maximum atomic E-state index is 14.1. The fraction of sp³-hybridized carbons (Fsp3) is 0.200. The van der Waals surface area contributed by atoms with Crippen molar-refractivity contribution in [1.82, 2.24) is 0 Å². The number of hydrogen-bond acceptors (Lipinski definition) is 3. The van der Waals surface area contributed by atoms with E-state index in [2.05, 4.69) is 5.32 Å². The number of nitrogens with one attached hydrogen (secondary N) is 1. The van der Waals surface area contributed by atoms with E-state index in [1.165, 1.54) is 13.2 Å². The number of ether oxygens (including phenoxy) is 2. The van der Waals surface area contributed by atoms with E-state index >= 15 is 0 Å². The highest BCUT2D eigenvalue weighted by molar-refractivity contribution is 6.30. The Bertz CT molecular complexity index is 648. The van der Waals surface area contributed by atoms with Crippen LogP contribution in [-0.2, 0) is 0 Å².